The van der Waals surface area contributed by atoms with E-state index in [1.165, 1.54) is 34.5 Å². The van der Waals surface area contributed by atoms with Crippen LogP contribution in [-0.2, 0) is 37.6 Å². The van der Waals surface area contributed by atoms with E-state index in [0.717, 1.165) is 38.2 Å². The summed E-state index contributed by atoms with van der Waals surface area (Å²) in [6, 6.07) is 0. The zero-order chi connectivity index (χ0) is 17.8. The molecular weight excluding hydrogens is 332 g/mol. The summed E-state index contributed by atoms with van der Waals surface area (Å²) in [6.07, 6.45) is 5.66. The fraction of sp³-hybridized carbons (Fsp3) is 0.667. The number of amides is 1. The van der Waals surface area contributed by atoms with Gasteiger partial charge < -0.3 is 4.90 Å². The van der Waals surface area contributed by atoms with Crippen LogP contribution in [0.3, 0.4) is 0 Å². The molecule has 5 rings (SSSR count). The summed E-state index contributed by atoms with van der Waals surface area (Å²) < 4.78 is 3.04. The molecule has 1 amide bonds. The number of carbonyl (C=O) groups excluding carboxylic acids is 1. The lowest BCUT2D eigenvalue weighted by Gasteiger charge is -2.28. The number of nitrogens with zero attached hydrogens (tertiary/aromatic N) is 5. The first-order valence-corrected chi connectivity index (χ1v) is 9.59. The number of aryl methyl sites for hydroxylation is 2. The largest absolute Gasteiger partial charge is 0.345 e. The molecule has 8 heteroatoms. The zero-order valence-corrected chi connectivity index (χ0v) is 15.1. The number of hydrogen-bond donors (Lipinski definition) is 1. The maximum Gasteiger partial charge on any atom is 0.345 e. The van der Waals surface area contributed by atoms with Gasteiger partial charge in [0.1, 0.15) is 5.82 Å². The highest BCUT2D eigenvalue weighted by Gasteiger charge is 2.34. The van der Waals surface area contributed by atoms with E-state index in [1.54, 1.807) is 11.6 Å². The average molecular weight is 356 g/mol. The van der Waals surface area contributed by atoms with Gasteiger partial charge in [0, 0.05) is 51.1 Å². The van der Waals surface area contributed by atoms with Gasteiger partial charge in [-0.15, -0.1) is 0 Å². The average Bonchev–Trinajstić information content (AvgIpc) is 3.40. The number of hydrogen-bond acceptors (Lipinski definition) is 4. The van der Waals surface area contributed by atoms with Crippen LogP contribution in [0.2, 0.25) is 0 Å². The molecule has 26 heavy (non-hydrogen) atoms. The number of aromatic nitrogens is 5. The van der Waals surface area contributed by atoms with E-state index in [-0.39, 0.29) is 17.5 Å². The maximum absolute atomic E-state index is 13.1. The highest BCUT2D eigenvalue weighted by Crippen LogP contribution is 2.41. The molecule has 0 radical (unpaired) electrons. The van der Waals surface area contributed by atoms with E-state index in [0.29, 0.717) is 18.9 Å². The quantitative estimate of drug-likeness (QED) is 0.842. The SMILES string of the molecule is Cn1nc2n(c1=O)CC(C(=O)N1CCc3[nH]nc(C4CC4)c3CC1)CC2. The molecule has 1 fully saturated rings. The maximum atomic E-state index is 13.1. The van der Waals surface area contributed by atoms with Crippen molar-refractivity contribution in [3.63, 3.8) is 0 Å². The molecule has 3 aliphatic rings. The van der Waals surface area contributed by atoms with Crippen molar-refractivity contribution in [2.24, 2.45) is 13.0 Å². The Bertz CT molecular complexity index is 919. The van der Waals surface area contributed by atoms with Crippen LogP contribution in [0, 0.1) is 5.92 Å². The number of H-pyrrole nitrogens is 1. The van der Waals surface area contributed by atoms with Crippen molar-refractivity contribution in [3.05, 3.63) is 33.3 Å². The Labute approximate surface area is 151 Å². The van der Waals surface area contributed by atoms with Crippen molar-refractivity contribution in [1.29, 1.82) is 0 Å². The molecule has 0 spiro atoms. The molecule has 8 nitrogen and oxygen atoms in total. The van der Waals surface area contributed by atoms with Gasteiger partial charge in [0.2, 0.25) is 5.91 Å². The molecule has 1 aliphatic carbocycles. The number of aromatic amines is 1. The zero-order valence-electron chi connectivity index (χ0n) is 15.1. The molecule has 0 bridgehead atoms. The normalized spacial score (nSPS) is 22.7. The Kier molecular flexibility index (Phi) is 3.55. The van der Waals surface area contributed by atoms with E-state index in [2.05, 4.69) is 15.3 Å². The number of nitrogens with one attached hydrogen (secondary N) is 1. The summed E-state index contributed by atoms with van der Waals surface area (Å²) >= 11 is 0. The van der Waals surface area contributed by atoms with Gasteiger partial charge in [-0.3, -0.25) is 14.5 Å². The Morgan fingerprint density at radius 3 is 2.77 bits per heavy atom. The van der Waals surface area contributed by atoms with E-state index < -0.39 is 0 Å². The first kappa shape index (κ1) is 15.8. The van der Waals surface area contributed by atoms with Gasteiger partial charge in [0.25, 0.3) is 0 Å². The van der Waals surface area contributed by atoms with Crippen molar-refractivity contribution in [3.8, 4) is 0 Å². The summed E-state index contributed by atoms with van der Waals surface area (Å²) in [5, 5.41) is 12.0. The fourth-order valence-corrected chi connectivity index (χ4v) is 4.42. The van der Waals surface area contributed by atoms with Crippen molar-refractivity contribution in [2.45, 2.75) is 51.0 Å². The lowest BCUT2D eigenvalue weighted by molar-refractivity contribution is -0.136. The van der Waals surface area contributed by atoms with Crippen LogP contribution in [0.1, 0.15) is 48.0 Å². The highest BCUT2D eigenvalue weighted by molar-refractivity contribution is 5.79. The van der Waals surface area contributed by atoms with Crippen LogP contribution in [0.15, 0.2) is 4.79 Å². The molecule has 0 aromatic carbocycles. The van der Waals surface area contributed by atoms with Crippen molar-refractivity contribution in [1.82, 2.24) is 29.4 Å². The van der Waals surface area contributed by atoms with Gasteiger partial charge in [-0.05, 0) is 31.2 Å². The molecule has 2 aromatic rings. The lowest BCUT2D eigenvalue weighted by atomic mass is 9.97. The third-order valence-electron chi connectivity index (χ3n) is 6.08. The van der Waals surface area contributed by atoms with Crippen LogP contribution < -0.4 is 5.69 Å². The van der Waals surface area contributed by atoms with Gasteiger partial charge in [-0.25, -0.2) is 9.48 Å². The minimum atomic E-state index is -0.123. The lowest BCUT2D eigenvalue weighted by Crippen LogP contribution is -2.42. The Balaban J connectivity index is 1.31. The number of rotatable bonds is 2. The molecule has 1 N–H and O–H groups in total. The van der Waals surface area contributed by atoms with Crippen LogP contribution in [0.25, 0.3) is 0 Å². The van der Waals surface area contributed by atoms with Gasteiger partial charge in [0.05, 0.1) is 11.6 Å². The summed E-state index contributed by atoms with van der Waals surface area (Å²) in [7, 11) is 1.67. The van der Waals surface area contributed by atoms with Crippen molar-refractivity contribution >= 4 is 5.91 Å². The van der Waals surface area contributed by atoms with Crippen LogP contribution in [0.4, 0.5) is 0 Å². The molecular formula is C18H24N6O2. The Hall–Kier alpha value is -2.38. The van der Waals surface area contributed by atoms with E-state index in [1.807, 2.05) is 4.90 Å². The second-order valence-corrected chi connectivity index (χ2v) is 7.83. The van der Waals surface area contributed by atoms with Gasteiger partial charge in [-0.1, -0.05) is 0 Å². The minimum Gasteiger partial charge on any atom is -0.342 e. The second-order valence-electron chi connectivity index (χ2n) is 7.83. The van der Waals surface area contributed by atoms with E-state index >= 15 is 0 Å². The molecule has 1 saturated carbocycles. The molecule has 0 saturated heterocycles. The van der Waals surface area contributed by atoms with Crippen LogP contribution >= 0.6 is 0 Å². The topological polar surface area (TPSA) is 88.8 Å². The molecule has 138 valence electrons. The van der Waals surface area contributed by atoms with Crippen molar-refractivity contribution < 1.29 is 4.79 Å². The summed E-state index contributed by atoms with van der Waals surface area (Å²) in [5.41, 5.74) is 3.66. The van der Waals surface area contributed by atoms with Crippen LogP contribution in [-0.4, -0.2) is 48.4 Å². The fourth-order valence-electron chi connectivity index (χ4n) is 4.42. The summed E-state index contributed by atoms with van der Waals surface area (Å²) in [5.74, 6) is 1.48. The van der Waals surface area contributed by atoms with Gasteiger partial charge >= 0.3 is 5.69 Å². The Morgan fingerprint density at radius 1 is 1.15 bits per heavy atom. The number of fused-ring (bicyclic) bond motifs is 2. The number of carbonyl (C=O) groups is 1. The predicted octanol–water partition coefficient (Wildman–Crippen LogP) is 0.372. The van der Waals surface area contributed by atoms with Gasteiger partial charge in [0.15, 0.2) is 0 Å². The van der Waals surface area contributed by atoms with Crippen LogP contribution in [0.5, 0.6) is 0 Å². The monoisotopic (exact) mass is 356 g/mol. The molecule has 4 heterocycles. The molecule has 1 atom stereocenters. The molecule has 2 aromatic heterocycles. The standard InChI is InChI=1S/C18H24N6O2/c1-22-18(26)24-10-12(4-5-15(24)21-22)17(25)23-8-6-13-14(7-9-23)19-20-16(13)11-2-3-11/h11-12H,2-10H2,1H3,(H,19,20). The molecule has 1 unspecified atom stereocenters. The molecule has 2 aliphatic heterocycles. The van der Waals surface area contributed by atoms with Crippen molar-refractivity contribution in [2.75, 3.05) is 13.1 Å². The summed E-state index contributed by atoms with van der Waals surface area (Å²) in [6.45, 7) is 1.93. The highest BCUT2D eigenvalue weighted by atomic mass is 16.2. The van der Waals surface area contributed by atoms with E-state index in [4.69, 9.17) is 0 Å². The summed E-state index contributed by atoms with van der Waals surface area (Å²) in [4.78, 5) is 27.2. The first-order valence-electron chi connectivity index (χ1n) is 9.59. The minimum absolute atomic E-state index is 0.122. The third-order valence-corrected chi connectivity index (χ3v) is 6.08. The first-order chi connectivity index (χ1) is 12.6. The third kappa shape index (κ3) is 2.50. The second kappa shape index (κ2) is 5.82. The smallest absolute Gasteiger partial charge is 0.342 e. The van der Waals surface area contributed by atoms with Gasteiger partial charge in [-0.2, -0.15) is 10.2 Å². The van der Waals surface area contributed by atoms with E-state index in [9.17, 15) is 9.59 Å². The predicted molar refractivity (Wildman–Crippen MR) is 93.8 cm³/mol. The Morgan fingerprint density at radius 2 is 1.96 bits per heavy atom.